The minimum atomic E-state index is 0. The first kappa shape index (κ1) is 55.3. The molecule has 0 N–H and O–H groups in total. The van der Waals surface area contributed by atoms with Crippen LogP contribution in [0.25, 0.3) is 122 Å². The van der Waals surface area contributed by atoms with Gasteiger partial charge in [-0.25, -0.2) is 0 Å². The second-order valence-electron chi connectivity index (χ2n) is 23.8. The first-order valence-electron chi connectivity index (χ1n) is 29.5. The summed E-state index contributed by atoms with van der Waals surface area (Å²) >= 11 is 0. The van der Waals surface area contributed by atoms with Crippen LogP contribution in [0.5, 0.6) is 11.5 Å². The molecule has 85 heavy (non-hydrogen) atoms. The second kappa shape index (κ2) is 21.9. The molecule has 0 saturated heterocycles. The molecule has 0 unspecified atom stereocenters. The fourth-order valence-corrected chi connectivity index (χ4v) is 12.7. The van der Waals surface area contributed by atoms with Crippen molar-refractivity contribution < 1.29 is 30.2 Å². The minimum Gasteiger partial charge on any atom is -0.500 e. The fourth-order valence-electron chi connectivity index (χ4n) is 12.7. The third-order valence-electron chi connectivity index (χ3n) is 16.8. The smallest absolute Gasteiger partial charge is 0.500 e. The summed E-state index contributed by atoms with van der Waals surface area (Å²) in [6, 6.07) is 74.6. The van der Waals surface area contributed by atoms with Gasteiger partial charge in [0.1, 0.15) is 5.58 Å². The summed E-state index contributed by atoms with van der Waals surface area (Å²) in [5, 5.41) is 6.18. The number of nitrogens with zero attached hydrogens (tertiary/aromatic N) is 5. The average Bonchev–Trinajstić information content (AvgIpc) is 2.01. The van der Waals surface area contributed by atoms with Crippen LogP contribution >= 0.6 is 0 Å². The Morgan fingerprint density at radius 2 is 0.941 bits per heavy atom. The molecule has 0 spiro atoms. The zero-order valence-corrected chi connectivity index (χ0v) is 51.8. The maximum Gasteiger partial charge on any atom is 2.00 e. The van der Waals surface area contributed by atoms with Crippen molar-refractivity contribution in [1.29, 1.82) is 0 Å². The minimum absolute atomic E-state index is 0. The molecule has 8 heteroatoms. The predicted molar refractivity (Wildman–Crippen MR) is 348 cm³/mol. The molecule has 0 aliphatic carbocycles. The Kier molecular flexibility index (Phi) is 14.3. The number of ether oxygens (including phenoxy) is 1. The van der Waals surface area contributed by atoms with Crippen LogP contribution in [0.3, 0.4) is 0 Å². The summed E-state index contributed by atoms with van der Waals surface area (Å²) in [7, 11) is 0. The summed E-state index contributed by atoms with van der Waals surface area (Å²) in [4.78, 5) is 15.9. The van der Waals surface area contributed by atoms with E-state index in [1.807, 2.05) is 12.1 Å². The summed E-state index contributed by atoms with van der Waals surface area (Å²) in [5.41, 5.74) is 20.7. The third kappa shape index (κ3) is 9.63. The number of hydrogen-bond acceptors (Lipinski definition) is 5. The van der Waals surface area contributed by atoms with Crippen LogP contribution in [0.4, 0.5) is 0 Å². The van der Waals surface area contributed by atoms with Gasteiger partial charge in [-0.05, 0) is 160 Å². The van der Waals surface area contributed by atoms with E-state index in [4.69, 9.17) is 24.1 Å². The number of hydrogen-bond donors (Lipinski definition) is 0. The molecule has 7 nitrogen and oxygen atoms in total. The zero-order chi connectivity index (χ0) is 57.7. The van der Waals surface area contributed by atoms with Crippen molar-refractivity contribution in [3.8, 4) is 67.9 Å². The molecule has 10 aromatic carbocycles. The number of rotatable bonds is 12. The molecule has 0 bridgehead atoms. The van der Waals surface area contributed by atoms with Gasteiger partial charge in [-0.2, -0.15) is 0 Å². The predicted octanol–water partition coefficient (Wildman–Crippen LogP) is 21.1. The molecule has 0 aliphatic heterocycles. The Hall–Kier alpha value is -8.90. The summed E-state index contributed by atoms with van der Waals surface area (Å²) in [6.45, 7) is 22.4. The molecule has 0 saturated carbocycles. The SMILES string of the molecule is Cc1cc2cc3ccc4c5cc(Oc6[c-]c(-c7nc8ccccc8n7-c7c(C(C)C)cc(-c8ccccc8)cc7C(C)C)ccc6)[c-]c(-c6nc7ccccc7n6-c6c(C(C)C)cc(-c7ccccc7)cc6C(C)C)c5oc4c3cc2c(C)n1.[Pt+2]. The Bertz CT molecular complexity index is 4850. The van der Waals surface area contributed by atoms with Crippen LogP contribution in [0, 0.1) is 26.0 Å². The average molecular weight is 1290 g/mol. The molecule has 14 rings (SSSR count). The van der Waals surface area contributed by atoms with Crippen molar-refractivity contribution >= 4 is 65.6 Å². The molecule has 0 amide bonds. The standard InChI is InChI=1S/C77H65N5O2.Pt/c1-44(2)60-37-54(50-22-13-11-14-23-50)38-61(45(3)4)72(60)81-70-30-19-17-28-68(70)79-76(81)53-26-21-27-57(36-53)83-58-41-66-59-33-32-52-35-56-34-48(9)78-49(10)64(56)43-65(52)74(59)84-75(66)67(42-58)77-80-69-29-18-20-31-71(69)82(77)73-62(46(5)6)39-55(40-63(73)47(7)8)51-24-15-12-16-25-51;/h11-35,37-41,43-47H,1-10H3;/q-2;+2. The molecule has 0 atom stereocenters. The Morgan fingerprint density at radius 3 is 1.51 bits per heavy atom. The Balaban J connectivity index is 0.00000672. The molecular formula is C77H65N5O2Pt. The topological polar surface area (TPSA) is 70.9 Å². The number of furan rings is 1. The van der Waals surface area contributed by atoms with Crippen molar-refractivity contribution in [3.05, 3.63) is 234 Å². The molecule has 4 aromatic heterocycles. The number of aromatic nitrogens is 5. The third-order valence-corrected chi connectivity index (χ3v) is 16.8. The van der Waals surface area contributed by atoms with Crippen LogP contribution in [-0.2, 0) is 21.1 Å². The van der Waals surface area contributed by atoms with Crippen LogP contribution in [-0.4, -0.2) is 24.1 Å². The normalized spacial score (nSPS) is 12.0. The van der Waals surface area contributed by atoms with Crippen molar-refractivity contribution in [1.82, 2.24) is 24.1 Å². The van der Waals surface area contributed by atoms with Gasteiger partial charge in [-0.3, -0.25) is 15.0 Å². The number of fused-ring (bicyclic) bond motifs is 8. The largest absolute Gasteiger partial charge is 2.00 e. The first-order chi connectivity index (χ1) is 40.8. The van der Waals surface area contributed by atoms with Crippen LogP contribution in [0.2, 0.25) is 0 Å². The van der Waals surface area contributed by atoms with Crippen molar-refractivity contribution in [2.45, 2.75) is 92.9 Å². The zero-order valence-electron chi connectivity index (χ0n) is 49.6. The van der Waals surface area contributed by atoms with Crippen LogP contribution in [0.1, 0.15) is 113 Å². The van der Waals surface area contributed by atoms with Gasteiger partial charge in [0.05, 0.1) is 39.3 Å². The van der Waals surface area contributed by atoms with E-state index in [9.17, 15) is 0 Å². The Labute approximate surface area is 511 Å². The van der Waals surface area contributed by atoms with Gasteiger partial charge in [0.2, 0.25) is 0 Å². The van der Waals surface area contributed by atoms with Crippen LogP contribution in [0.15, 0.2) is 192 Å². The maximum absolute atomic E-state index is 7.35. The van der Waals surface area contributed by atoms with Gasteiger partial charge in [0, 0.05) is 50.4 Å². The number of benzene rings is 10. The number of aryl methyl sites for hydroxylation is 2. The monoisotopic (exact) mass is 1290 g/mol. The molecule has 14 aromatic rings. The molecular weight excluding hydrogens is 1220 g/mol. The van der Waals surface area contributed by atoms with E-state index in [-0.39, 0.29) is 44.7 Å². The van der Waals surface area contributed by atoms with E-state index >= 15 is 0 Å². The number of imidazole rings is 2. The van der Waals surface area contributed by atoms with Gasteiger partial charge >= 0.3 is 21.1 Å². The summed E-state index contributed by atoms with van der Waals surface area (Å²) in [6.07, 6.45) is 0. The van der Waals surface area contributed by atoms with Gasteiger partial charge < -0.3 is 18.3 Å². The second-order valence-corrected chi connectivity index (χ2v) is 23.8. The molecule has 4 heterocycles. The van der Waals surface area contributed by atoms with E-state index in [1.165, 1.54) is 44.5 Å². The van der Waals surface area contributed by atoms with E-state index < -0.39 is 0 Å². The van der Waals surface area contributed by atoms with Crippen LogP contribution < -0.4 is 4.74 Å². The van der Waals surface area contributed by atoms with Gasteiger partial charge in [0.25, 0.3) is 0 Å². The number of para-hydroxylation sites is 4. The van der Waals surface area contributed by atoms with Gasteiger partial charge in [-0.1, -0.05) is 182 Å². The Morgan fingerprint density at radius 1 is 0.412 bits per heavy atom. The van der Waals surface area contributed by atoms with Gasteiger partial charge in [0.15, 0.2) is 0 Å². The maximum atomic E-state index is 7.35. The van der Waals surface area contributed by atoms with Crippen molar-refractivity contribution in [2.24, 2.45) is 0 Å². The van der Waals surface area contributed by atoms with Crippen molar-refractivity contribution in [2.75, 3.05) is 0 Å². The molecule has 0 fully saturated rings. The van der Waals surface area contributed by atoms with Gasteiger partial charge in [-0.15, -0.1) is 23.8 Å². The quantitative estimate of drug-likeness (QED) is 0.0900. The van der Waals surface area contributed by atoms with E-state index in [2.05, 4.69) is 266 Å². The number of pyridine rings is 1. The molecule has 0 radical (unpaired) electrons. The molecule has 420 valence electrons. The van der Waals surface area contributed by atoms with Crippen molar-refractivity contribution in [3.63, 3.8) is 0 Å². The van der Waals surface area contributed by atoms with E-state index in [0.717, 1.165) is 94.1 Å². The summed E-state index contributed by atoms with van der Waals surface area (Å²) < 4.78 is 19.3. The molecule has 0 aliphatic rings. The summed E-state index contributed by atoms with van der Waals surface area (Å²) in [5.74, 6) is 3.28. The first-order valence-corrected chi connectivity index (χ1v) is 29.5. The van der Waals surface area contributed by atoms with E-state index in [0.29, 0.717) is 28.5 Å². The fraction of sp³-hybridized carbons (Fsp3) is 0.182. The van der Waals surface area contributed by atoms with E-state index in [1.54, 1.807) is 0 Å².